The molecule has 7 heteroatoms. The number of methoxy groups -OCH3 is 1. The number of hydrogen-bond donors (Lipinski definition) is 0. The Hall–Kier alpha value is -2.80. The molecule has 3 rings (SSSR count). The van der Waals surface area contributed by atoms with E-state index in [1.165, 1.54) is 17.3 Å². The van der Waals surface area contributed by atoms with Crippen LogP contribution in [0.4, 0.5) is 0 Å². The smallest absolute Gasteiger partial charge is 0.233 e. The molecule has 1 heterocycles. The number of carbonyl (C=O) groups is 1. The first-order valence-corrected chi connectivity index (χ1v) is 9.97. The Morgan fingerprint density at radius 2 is 1.86 bits per heavy atom. The van der Waals surface area contributed by atoms with Gasteiger partial charge in [0.1, 0.15) is 12.1 Å². The van der Waals surface area contributed by atoms with Crippen LogP contribution in [0.15, 0.2) is 60.0 Å². The molecule has 1 amide bonds. The molecule has 1 aromatic heterocycles. The van der Waals surface area contributed by atoms with E-state index in [9.17, 15) is 4.79 Å². The lowest BCUT2D eigenvalue weighted by Gasteiger charge is -2.25. The number of rotatable bonds is 7. The molecule has 0 N–H and O–H groups in total. The molecule has 2 aromatic carbocycles. The molecule has 0 fully saturated rings. The quantitative estimate of drug-likeness (QED) is 0.567. The van der Waals surface area contributed by atoms with Crippen molar-refractivity contribution in [3.05, 3.63) is 66.0 Å². The second-order valence-corrected chi connectivity index (χ2v) is 7.50. The van der Waals surface area contributed by atoms with Crippen LogP contribution in [0, 0.1) is 6.92 Å². The van der Waals surface area contributed by atoms with Crippen LogP contribution in [-0.2, 0) is 4.79 Å². The summed E-state index contributed by atoms with van der Waals surface area (Å²) in [6.07, 6.45) is 1.65. The summed E-state index contributed by atoms with van der Waals surface area (Å²) in [5.41, 5.74) is 3.24. The van der Waals surface area contributed by atoms with Crippen molar-refractivity contribution in [2.75, 3.05) is 19.9 Å². The van der Waals surface area contributed by atoms with Crippen LogP contribution in [0.2, 0.25) is 0 Å². The lowest BCUT2D eigenvalue weighted by atomic mass is 10.1. The lowest BCUT2D eigenvalue weighted by molar-refractivity contribution is -0.128. The van der Waals surface area contributed by atoms with Gasteiger partial charge < -0.3 is 9.64 Å². The van der Waals surface area contributed by atoms with E-state index in [4.69, 9.17) is 4.74 Å². The van der Waals surface area contributed by atoms with Gasteiger partial charge in [-0.1, -0.05) is 41.6 Å². The van der Waals surface area contributed by atoms with E-state index in [-0.39, 0.29) is 11.9 Å². The summed E-state index contributed by atoms with van der Waals surface area (Å²) in [5.74, 6) is 1.12. The Morgan fingerprint density at radius 3 is 2.50 bits per heavy atom. The van der Waals surface area contributed by atoms with Gasteiger partial charge in [-0.05, 0) is 43.7 Å². The largest absolute Gasteiger partial charge is 0.497 e. The molecule has 0 aliphatic rings. The number of hydrogen-bond acceptors (Lipinski definition) is 5. The Bertz CT molecular complexity index is 922. The third-order valence-corrected chi connectivity index (χ3v) is 5.65. The fourth-order valence-corrected chi connectivity index (χ4v) is 3.61. The van der Waals surface area contributed by atoms with E-state index < -0.39 is 0 Å². The monoisotopic (exact) mass is 396 g/mol. The fourth-order valence-electron chi connectivity index (χ4n) is 2.76. The van der Waals surface area contributed by atoms with Gasteiger partial charge in [-0.15, -0.1) is 10.2 Å². The summed E-state index contributed by atoms with van der Waals surface area (Å²) in [6, 6.07) is 15.9. The van der Waals surface area contributed by atoms with E-state index in [0.717, 1.165) is 17.0 Å². The van der Waals surface area contributed by atoms with Crippen molar-refractivity contribution in [1.82, 2.24) is 19.7 Å². The summed E-state index contributed by atoms with van der Waals surface area (Å²) in [4.78, 5) is 14.5. The maximum absolute atomic E-state index is 12.7. The van der Waals surface area contributed by atoms with Crippen molar-refractivity contribution in [3.63, 3.8) is 0 Å². The number of thioether (sulfide) groups is 1. The molecule has 0 aliphatic heterocycles. The van der Waals surface area contributed by atoms with Gasteiger partial charge >= 0.3 is 0 Å². The van der Waals surface area contributed by atoms with Crippen LogP contribution in [0.1, 0.15) is 24.1 Å². The van der Waals surface area contributed by atoms with Gasteiger partial charge in [-0.3, -0.25) is 9.36 Å². The Morgan fingerprint density at radius 1 is 1.18 bits per heavy atom. The van der Waals surface area contributed by atoms with Crippen molar-refractivity contribution in [2.45, 2.75) is 25.0 Å². The molecule has 3 aromatic rings. The molecule has 0 aliphatic carbocycles. The second-order valence-electron chi connectivity index (χ2n) is 6.56. The number of ether oxygens (including phenoxy) is 1. The highest BCUT2D eigenvalue weighted by Gasteiger charge is 2.19. The first-order chi connectivity index (χ1) is 13.5. The van der Waals surface area contributed by atoms with Gasteiger partial charge in [0.2, 0.25) is 5.91 Å². The van der Waals surface area contributed by atoms with Gasteiger partial charge in [0.15, 0.2) is 5.16 Å². The van der Waals surface area contributed by atoms with E-state index >= 15 is 0 Å². The van der Waals surface area contributed by atoms with E-state index in [0.29, 0.717) is 10.9 Å². The summed E-state index contributed by atoms with van der Waals surface area (Å²) < 4.78 is 7.05. The predicted molar refractivity (Wildman–Crippen MR) is 111 cm³/mol. The molecule has 1 unspecified atom stereocenters. The maximum atomic E-state index is 12.7. The third-order valence-electron chi connectivity index (χ3n) is 4.73. The second kappa shape index (κ2) is 8.93. The predicted octanol–water partition coefficient (Wildman–Crippen LogP) is 3.90. The maximum Gasteiger partial charge on any atom is 0.233 e. The summed E-state index contributed by atoms with van der Waals surface area (Å²) in [7, 11) is 3.47. The van der Waals surface area contributed by atoms with Gasteiger partial charge in [0, 0.05) is 12.7 Å². The number of nitrogens with zero attached hydrogens (tertiary/aromatic N) is 4. The first kappa shape index (κ1) is 19.9. The molecular formula is C21H24N4O2S. The average Bonchev–Trinajstić information content (AvgIpc) is 3.20. The van der Waals surface area contributed by atoms with Crippen molar-refractivity contribution in [1.29, 1.82) is 0 Å². The van der Waals surface area contributed by atoms with Crippen molar-refractivity contribution < 1.29 is 9.53 Å². The van der Waals surface area contributed by atoms with Gasteiger partial charge in [0.05, 0.1) is 18.9 Å². The number of benzene rings is 2. The zero-order valence-corrected chi connectivity index (χ0v) is 17.3. The Kier molecular flexibility index (Phi) is 6.36. The SMILES string of the molecule is COc1ccc(-n2cnnc2SCC(=O)N(C)C(C)c2ccc(C)cc2)cc1. The molecule has 0 bridgehead atoms. The normalized spacial score (nSPS) is 11.9. The van der Waals surface area contributed by atoms with Gasteiger partial charge in [-0.2, -0.15) is 0 Å². The summed E-state index contributed by atoms with van der Waals surface area (Å²) >= 11 is 1.38. The van der Waals surface area contributed by atoms with Crippen LogP contribution in [0.3, 0.4) is 0 Å². The minimum absolute atomic E-state index is 0.00755. The molecular weight excluding hydrogens is 372 g/mol. The van der Waals surface area contributed by atoms with Gasteiger partial charge in [-0.25, -0.2) is 0 Å². The van der Waals surface area contributed by atoms with Crippen molar-refractivity contribution >= 4 is 17.7 Å². The third kappa shape index (κ3) is 4.54. The van der Waals surface area contributed by atoms with E-state index in [1.54, 1.807) is 18.3 Å². The summed E-state index contributed by atoms with van der Waals surface area (Å²) in [6.45, 7) is 4.09. The molecule has 0 saturated heterocycles. The number of amides is 1. The molecule has 0 saturated carbocycles. The highest BCUT2D eigenvalue weighted by Crippen LogP contribution is 2.24. The van der Waals surface area contributed by atoms with Gasteiger partial charge in [0.25, 0.3) is 0 Å². The minimum Gasteiger partial charge on any atom is -0.497 e. The highest BCUT2D eigenvalue weighted by molar-refractivity contribution is 7.99. The minimum atomic E-state index is 0.00755. The molecule has 0 spiro atoms. The van der Waals surface area contributed by atoms with Crippen LogP contribution in [-0.4, -0.2) is 45.5 Å². The standard InChI is InChI=1S/C21H24N4O2S/c1-15-5-7-17(8-6-15)16(2)24(3)20(26)13-28-21-23-22-14-25(21)18-9-11-19(27-4)12-10-18/h5-12,14,16H,13H2,1-4H3. The van der Waals surface area contributed by atoms with E-state index in [1.807, 2.05) is 42.8 Å². The summed E-state index contributed by atoms with van der Waals surface area (Å²) in [5, 5.41) is 8.82. The Balaban J connectivity index is 1.64. The van der Waals surface area contributed by atoms with E-state index in [2.05, 4.69) is 41.4 Å². The number of carbonyl (C=O) groups excluding carboxylic acids is 1. The van der Waals surface area contributed by atoms with Crippen LogP contribution in [0.5, 0.6) is 5.75 Å². The van der Waals surface area contributed by atoms with Crippen LogP contribution < -0.4 is 4.74 Å². The molecule has 146 valence electrons. The molecule has 1 atom stereocenters. The Labute approximate surface area is 169 Å². The topological polar surface area (TPSA) is 60.2 Å². The lowest BCUT2D eigenvalue weighted by Crippen LogP contribution is -2.31. The van der Waals surface area contributed by atoms with Crippen LogP contribution in [0.25, 0.3) is 5.69 Å². The zero-order chi connectivity index (χ0) is 20.1. The number of aromatic nitrogens is 3. The van der Waals surface area contributed by atoms with Crippen LogP contribution >= 0.6 is 11.8 Å². The molecule has 0 radical (unpaired) electrons. The fraction of sp³-hybridized carbons (Fsp3) is 0.286. The average molecular weight is 397 g/mol. The van der Waals surface area contributed by atoms with Crippen molar-refractivity contribution in [3.8, 4) is 11.4 Å². The zero-order valence-electron chi connectivity index (χ0n) is 16.5. The number of aryl methyl sites for hydroxylation is 1. The molecule has 6 nitrogen and oxygen atoms in total. The highest BCUT2D eigenvalue weighted by atomic mass is 32.2. The van der Waals surface area contributed by atoms with Crippen molar-refractivity contribution in [2.24, 2.45) is 0 Å². The molecule has 28 heavy (non-hydrogen) atoms. The first-order valence-electron chi connectivity index (χ1n) is 8.99.